The number of amidine groups is 1. The molecule has 2 aromatic rings. The molecule has 0 aliphatic heterocycles. The Morgan fingerprint density at radius 2 is 1.89 bits per heavy atom. The number of nitrogens with one attached hydrogen (secondary N) is 1. The molecule has 98 valence electrons. The average molecular weight is 256 g/mol. The van der Waals surface area contributed by atoms with Gasteiger partial charge < -0.3 is 15.2 Å². The van der Waals surface area contributed by atoms with Crippen LogP contribution in [0.1, 0.15) is 11.1 Å². The fraction of sp³-hybridized carbons (Fsp3) is 0.133. The summed E-state index contributed by atoms with van der Waals surface area (Å²) in [6.07, 6.45) is 0. The molecule has 0 aromatic heterocycles. The van der Waals surface area contributed by atoms with Crippen LogP contribution in [0.25, 0.3) is 0 Å². The van der Waals surface area contributed by atoms with E-state index < -0.39 is 0 Å². The first-order valence-corrected chi connectivity index (χ1v) is 5.90. The number of rotatable bonds is 5. The second-order valence-electron chi connectivity index (χ2n) is 4.04. The van der Waals surface area contributed by atoms with Gasteiger partial charge >= 0.3 is 0 Å². The van der Waals surface area contributed by atoms with Crippen LogP contribution in [0.2, 0.25) is 0 Å². The van der Waals surface area contributed by atoms with Crippen LogP contribution in [0.5, 0.6) is 11.5 Å². The summed E-state index contributed by atoms with van der Waals surface area (Å²) >= 11 is 0. The highest BCUT2D eigenvalue weighted by Gasteiger charge is 2.07. The second-order valence-corrected chi connectivity index (χ2v) is 4.04. The van der Waals surface area contributed by atoms with Gasteiger partial charge in [0.05, 0.1) is 7.11 Å². The van der Waals surface area contributed by atoms with Gasteiger partial charge in [0.25, 0.3) is 0 Å². The maximum atomic E-state index is 7.45. The van der Waals surface area contributed by atoms with E-state index in [1.165, 1.54) is 0 Å². The summed E-state index contributed by atoms with van der Waals surface area (Å²) in [7, 11) is 1.61. The Balaban J connectivity index is 2.18. The van der Waals surface area contributed by atoms with Crippen molar-refractivity contribution in [1.29, 1.82) is 5.41 Å². The first-order valence-electron chi connectivity index (χ1n) is 5.90. The van der Waals surface area contributed by atoms with Crippen LogP contribution >= 0.6 is 0 Å². The molecule has 4 nitrogen and oxygen atoms in total. The van der Waals surface area contributed by atoms with E-state index in [2.05, 4.69) is 0 Å². The Labute approximate surface area is 112 Å². The Morgan fingerprint density at radius 3 is 2.53 bits per heavy atom. The first kappa shape index (κ1) is 13.0. The third-order valence-corrected chi connectivity index (χ3v) is 2.73. The third-order valence-electron chi connectivity index (χ3n) is 2.73. The molecule has 0 unspecified atom stereocenters. The van der Waals surface area contributed by atoms with Crippen molar-refractivity contribution < 1.29 is 9.47 Å². The molecule has 0 bridgehead atoms. The van der Waals surface area contributed by atoms with Crippen molar-refractivity contribution in [3.63, 3.8) is 0 Å². The molecule has 4 heteroatoms. The van der Waals surface area contributed by atoms with E-state index in [1.54, 1.807) is 19.2 Å². The van der Waals surface area contributed by atoms with Crippen LogP contribution in [0.15, 0.2) is 48.5 Å². The minimum absolute atomic E-state index is 0.0311. The summed E-state index contributed by atoms with van der Waals surface area (Å²) in [5.41, 5.74) is 7.00. The molecule has 0 spiro atoms. The molecule has 19 heavy (non-hydrogen) atoms. The fourth-order valence-electron chi connectivity index (χ4n) is 1.74. The number of methoxy groups -OCH3 is 1. The van der Waals surface area contributed by atoms with Crippen LogP contribution in [0.3, 0.4) is 0 Å². The number of hydrogen-bond donors (Lipinski definition) is 2. The number of para-hydroxylation sites is 1. The van der Waals surface area contributed by atoms with Crippen LogP contribution < -0.4 is 15.2 Å². The zero-order valence-electron chi connectivity index (χ0n) is 10.7. The summed E-state index contributed by atoms with van der Waals surface area (Å²) in [5.74, 6) is 1.54. The molecule has 0 fully saturated rings. The molecular weight excluding hydrogens is 240 g/mol. The van der Waals surface area contributed by atoms with E-state index in [4.69, 9.17) is 20.6 Å². The van der Waals surface area contributed by atoms with Gasteiger partial charge in [0.15, 0.2) is 0 Å². The van der Waals surface area contributed by atoms with Crippen LogP contribution in [-0.4, -0.2) is 12.9 Å². The van der Waals surface area contributed by atoms with Gasteiger partial charge in [0.2, 0.25) is 0 Å². The van der Waals surface area contributed by atoms with E-state index in [-0.39, 0.29) is 5.84 Å². The van der Waals surface area contributed by atoms with E-state index in [1.807, 2.05) is 36.4 Å². The van der Waals surface area contributed by atoms with Gasteiger partial charge in [-0.3, -0.25) is 5.41 Å². The monoisotopic (exact) mass is 256 g/mol. The lowest BCUT2D eigenvalue weighted by atomic mass is 10.1. The number of hydrogen-bond acceptors (Lipinski definition) is 3. The molecule has 0 saturated carbocycles. The smallest absolute Gasteiger partial charge is 0.125 e. The maximum absolute atomic E-state index is 7.45. The number of nitrogen functional groups attached to an aromatic ring is 1. The Kier molecular flexibility index (Phi) is 4.03. The van der Waals surface area contributed by atoms with E-state index in [9.17, 15) is 0 Å². The molecule has 3 N–H and O–H groups in total. The molecule has 0 aliphatic rings. The van der Waals surface area contributed by atoms with Crippen molar-refractivity contribution in [2.24, 2.45) is 5.73 Å². The molecule has 0 amide bonds. The Hall–Kier alpha value is -2.49. The molecule has 0 radical (unpaired) electrons. The quantitative estimate of drug-likeness (QED) is 0.638. The molecule has 0 atom stereocenters. The fourth-order valence-corrected chi connectivity index (χ4v) is 1.74. The van der Waals surface area contributed by atoms with E-state index in [0.717, 1.165) is 17.1 Å². The molecule has 2 aromatic carbocycles. The minimum Gasteiger partial charge on any atom is -0.496 e. The summed E-state index contributed by atoms with van der Waals surface area (Å²) in [5, 5.41) is 7.45. The van der Waals surface area contributed by atoms with Gasteiger partial charge in [-0.15, -0.1) is 0 Å². The number of benzene rings is 2. The first-order chi connectivity index (χ1) is 9.20. The van der Waals surface area contributed by atoms with Gasteiger partial charge in [-0.05, 0) is 30.3 Å². The normalized spacial score (nSPS) is 9.95. The molecule has 0 aliphatic carbocycles. The van der Waals surface area contributed by atoms with Gasteiger partial charge in [0.1, 0.15) is 23.9 Å². The lowest BCUT2D eigenvalue weighted by Crippen LogP contribution is -2.12. The molecular formula is C15H16N2O2. The third kappa shape index (κ3) is 3.25. The Bertz CT molecular complexity index is 568. The highest BCUT2D eigenvalue weighted by Crippen LogP contribution is 2.22. The van der Waals surface area contributed by atoms with Crippen molar-refractivity contribution in [3.05, 3.63) is 59.7 Å². The Morgan fingerprint density at radius 1 is 1.16 bits per heavy atom. The highest BCUT2D eigenvalue weighted by molar-refractivity contribution is 5.95. The van der Waals surface area contributed by atoms with Crippen molar-refractivity contribution in [3.8, 4) is 11.5 Å². The molecule has 0 heterocycles. The second kappa shape index (κ2) is 5.91. The van der Waals surface area contributed by atoms with Crippen LogP contribution in [0, 0.1) is 5.41 Å². The van der Waals surface area contributed by atoms with Crippen LogP contribution in [0.4, 0.5) is 0 Å². The van der Waals surface area contributed by atoms with E-state index >= 15 is 0 Å². The summed E-state index contributed by atoms with van der Waals surface area (Å²) in [6.45, 7) is 0.369. The zero-order chi connectivity index (χ0) is 13.7. The highest BCUT2D eigenvalue weighted by atomic mass is 16.5. The lowest BCUT2D eigenvalue weighted by Gasteiger charge is -2.11. The minimum atomic E-state index is 0.0311. The van der Waals surface area contributed by atoms with Gasteiger partial charge in [0, 0.05) is 11.1 Å². The summed E-state index contributed by atoms with van der Waals surface area (Å²) in [4.78, 5) is 0. The topological polar surface area (TPSA) is 68.3 Å². The molecule has 0 saturated heterocycles. The average Bonchev–Trinajstić information content (AvgIpc) is 2.45. The van der Waals surface area contributed by atoms with Crippen LogP contribution in [-0.2, 0) is 6.61 Å². The van der Waals surface area contributed by atoms with Crippen molar-refractivity contribution in [1.82, 2.24) is 0 Å². The largest absolute Gasteiger partial charge is 0.496 e. The van der Waals surface area contributed by atoms with Gasteiger partial charge in [-0.1, -0.05) is 18.2 Å². The van der Waals surface area contributed by atoms with Gasteiger partial charge in [-0.25, -0.2) is 0 Å². The summed E-state index contributed by atoms with van der Waals surface area (Å²) < 4.78 is 11.0. The van der Waals surface area contributed by atoms with Crippen molar-refractivity contribution >= 4 is 5.84 Å². The predicted octanol–water partition coefficient (Wildman–Crippen LogP) is 2.56. The summed E-state index contributed by atoms with van der Waals surface area (Å²) in [6, 6.07) is 14.9. The zero-order valence-corrected chi connectivity index (χ0v) is 10.7. The standard InChI is InChI=1S/C15H16N2O2/c1-18-14-8-7-11(15(16)17)9-12(14)10-19-13-5-3-2-4-6-13/h2-9H,10H2,1H3,(H3,16,17). The lowest BCUT2D eigenvalue weighted by molar-refractivity contribution is 0.296. The predicted molar refractivity (Wildman–Crippen MR) is 74.8 cm³/mol. The maximum Gasteiger partial charge on any atom is 0.125 e. The SMILES string of the molecule is COc1ccc(C(=N)N)cc1COc1ccccc1. The number of ether oxygens (including phenoxy) is 2. The number of nitrogens with two attached hydrogens (primary N) is 1. The van der Waals surface area contributed by atoms with Gasteiger partial charge in [-0.2, -0.15) is 0 Å². The van der Waals surface area contributed by atoms with E-state index in [0.29, 0.717) is 12.2 Å². The van der Waals surface area contributed by atoms with Crippen molar-refractivity contribution in [2.45, 2.75) is 6.61 Å². The molecule has 2 rings (SSSR count). The van der Waals surface area contributed by atoms with Crippen molar-refractivity contribution in [2.75, 3.05) is 7.11 Å².